The van der Waals surface area contributed by atoms with Gasteiger partial charge in [-0.1, -0.05) is 6.07 Å². The van der Waals surface area contributed by atoms with Gasteiger partial charge < -0.3 is 9.73 Å². The minimum absolute atomic E-state index is 0.0585. The van der Waals surface area contributed by atoms with Crippen molar-refractivity contribution in [1.82, 2.24) is 15.5 Å². The van der Waals surface area contributed by atoms with Crippen LogP contribution in [0.4, 0.5) is 4.39 Å². The zero-order valence-corrected chi connectivity index (χ0v) is 12.3. The van der Waals surface area contributed by atoms with Crippen LogP contribution in [0.3, 0.4) is 0 Å². The predicted molar refractivity (Wildman–Crippen MR) is 75.9 cm³/mol. The molecular formula is C15H20FN3O. The molecule has 0 fully saturated rings. The quantitative estimate of drug-likeness (QED) is 0.933. The predicted octanol–water partition coefficient (Wildman–Crippen LogP) is 3.11. The first-order chi connectivity index (χ1) is 9.35. The van der Waals surface area contributed by atoms with Gasteiger partial charge in [-0.2, -0.15) is 0 Å². The van der Waals surface area contributed by atoms with Crippen LogP contribution < -0.4 is 5.32 Å². The Kier molecular flexibility index (Phi) is 4.18. The Hall–Kier alpha value is -1.75. The van der Waals surface area contributed by atoms with Gasteiger partial charge in [0.1, 0.15) is 5.82 Å². The molecule has 0 radical (unpaired) electrons. The van der Waals surface area contributed by atoms with Crippen LogP contribution in [-0.4, -0.2) is 22.3 Å². The summed E-state index contributed by atoms with van der Waals surface area (Å²) in [7, 11) is 0. The number of benzene rings is 1. The van der Waals surface area contributed by atoms with E-state index >= 15 is 0 Å². The molecule has 2 aromatic rings. The van der Waals surface area contributed by atoms with Gasteiger partial charge in [-0.05, 0) is 45.4 Å². The summed E-state index contributed by atoms with van der Waals surface area (Å²) in [6, 6.07) is 4.90. The lowest BCUT2D eigenvalue weighted by atomic mass is 10.1. The van der Waals surface area contributed by atoms with Gasteiger partial charge in [-0.15, -0.1) is 10.2 Å². The third kappa shape index (κ3) is 3.87. The Morgan fingerprint density at radius 1 is 1.25 bits per heavy atom. The largest absolute Gasteiger partial charge is 0.421 e. The molecule has 108 valence electrons. The second-order valence-electron chi connectivity index (χ2n) is 5.89. The summed E-state index contributed by atoms with van der Waals surface area (Å²) in [5.74, 6) is 0.643. The molecule has 5 heteroatoms. The zero-order valence-electron chi connectivity index (χ0n) is 12.3. The van der Waals surface area contributed by atoms with Crippen molar-refractivity contribution in [2.75, 3.05) is 6.54 Å². The molecule has 1 N–H and O–H groups in total. The van der Waals surface area contributed by atoms with Crippen LogP contribution in [0, 0.1) is 12.7 Å². The van der Waals surface area contributed by atoms with Crippen molar-refractivity contribution in [3.63, 3.8) is 0 Å². The van der Waals surface area contributed by atoms with Gasteiger partial charge in [-0.25, -0.2) is 4.39 Å². The van der Waals surface area contributed by atoms with E-state index in [1.54, 1.807) is 19.1 Å². The molecule has 4 nitrogen and oxygen atoms in total. The van der Waals surface area contributed by atoms with Crippen molar-refractivity contribution >= 4 is 0 Å². The Morgan fingerprint density at radius 3 is 2.65 bits per heavy atom. The number of nitrogens with zero attached hydrogens (tertiary/aromatic N) is 2. The number of aryl methyl sites for hydroxylation is 1. The maximum Gasteiger partial charge on any atom is 0.247 e. The molecule has 0 saturated carbocycles. The first-order valence-electron chi connectivity index (χ1n) is 6.69. The highest BCUT2D eigenvalue weighted by molar-refractivity contribution is 5.53. The van der Waals surface area contributed by atoms with Crippen LogP contribution in [-0.2, 0) is 6.42 Å². The molecule has 2 rings (SSSR count). The molecule has 0 aliphatic heterocycles. The fourth-order valence-corrected chi connectivity index (χ4v) is 1.74. The average molecular weight is 277 g/mol. The van der Waals surface area contributed by atoms with E-state index in [1.165, 1.54) is 6.07 Å². The van der Waals surface area contributed by atoms with Gasteiger partial charge in [0.15, 0.2) is 0 Å². The number of rotatable bonds is 4. The SMILES string of the molecule is Cc1ccc(-c2nnc(CCNC(C)(C)C)o2)cc1F. The number of nitrogens with one attached hydrogen (secondary N) is 1. The van der Waals surface area contributed by atoms with Crippen molar-refractivity contribution in [1.29, 1.82) is 0 Å². The zero-order chi connectivity index (χ0) is 14.8. The summed E-state index contributed by atoms with van der Waals surface area (Å²) < 4.78 is 19.1. The lowest BCUT2D eigenvalue weighted by molar-refractivity contribution is 0.411. The molecule has 1 heterocycles. The molecule has 1 aromatic carbocycles. The normalized spacial score (nSPS) is 11.8. The van der Waals surface area contributed by atoms with Gasteiger partial charge in [0.2, 0.25) is 11.8 Å². The Bertz CT molecular complexity index is 587. The van der Waals surface area contributed by atoms with E-state index < -0.39 is 0 Å². The molecule has 0 bridgehead atoms. The number of hydrogen-bond acceptors (Lipinski definition) is 4. The molecule has 0 atom stereocenters. The van der Waals surface area contributed by atoms with Crippen molar-refractivity contribution in [2.24, 2.45) is 0 Å². The van der Waals surface area contributed by atoms with Crippen LogP contribution in [0.15, 0.2) is 22.6 Å². The van der Waals surface area contributed by atoms with Crippen molar-refractivity contribution < 1.29 is 8.81 Å². The molecule has 0 spiro atoms. The second kappa shape index (κ2) is 5.71. The fraction of sp³-hybridized carbons (Fsp3) is 0.467. The van der Waals surface area contributed by atoms with Crippen LogP contribution in [0.5, 0.6) is 0 Å². The highest BCUT2D eigenvalue weighted by atomic mass is 19.1. The Morgan fingerprint density at radius 2 is 2.00 bits per heavy atom. The summed E-state index contributed by atoms with van der Waals surface area (Å²) in [6.45, 7) is 8.77. The number of aromatic nitrogens is 2. The first kappa shape index (κ1) is 14.7. The Labute approximate surface area is 118 Å². The minimum atomic E-state index is -0.267. The molecule has 0 saturated heterocycles. The van der Waals surface area contributed by atoms with E-state index in [2.05, 4.69) is 36.3 Å². The van der Waals surface area contributed by atoms with Crippen molar-refractivity contribution in [3.8, 4) is 11.5 Å². The maximum absolute atomic E-state index is 13.5. The van der Waals surface area contributed by atoms with Crippen LogP contribution in [0.25, 0.3) is 11.5 Å². The topological polar surface area (TPSA) is 51.0 Å². The minimum Gasteiger partial charge on any atom is -0.421 e. The lowest BCUT2D eigenvalue weighted by Gasteiger charge is -2.19. The van der Waals surface area contributed by atoms with E-state index in [0.717, 1.165) is 6.54 Å². The van der Waals surface area contributed by atoms with Gasteiger partial charge >= 0.3 is 0 Å². The first-order valence-corrected chi connectivity index (χ1v) is 6.69. The molecule has 0 aliphatic rings. The molecule has 0 amide bonds. The average Bonchev–Trinajstić information content (AvgIpc) is 2.80. The van der Waals surface area contributed by atoms with Crippen LogP contribution >= 0.6 is 0 Å². The highest BCUT2D eigenvalue weighted by Gasteiger charge is 2.12. The smallest absolute Gasteiger partial charge is 0.247 e. The van der Waals surface area contributed by atoms with Crippen molar-refractivity contribution in [3.05, 3.63) is 35.5 Å². The summed E-state index contributed by atoms with van der Waals surface area (Å²) >= 11 is 0. The standard InChI is InChI=1S/C15H20FN3O/c1-10-5-6-11(9-12(10)16)14-19-18-13(20-14)7-8-17-15(2,3)4/h5-6,9,17H,7-8H2,1-4H3. The second-order valence-corrected chi connectivity index (χ2v) is 5.89. The van der Waals surface area contributed by atoms with E-state index in [0.29, 0.717) is 29.3 Å². The van der Waals surface area contributed by atoms with E-state index in [-0.39, 0.29) is 11.4 Å². The van der Waals surface area contributed by atoms with Gasteiger partial charge in [0, 0.05) is 24.1 Å². The van der Waals surface area contributed by atoms with Crippen molar-refractivity contribution in [2.45, 2.75) is 39.7 Å². The molecular weight excluding hydrogens is 257 g/mol. The van der Waals surface area contributed by atoms with E-state index in [1.807, 2.05) is 0 Å². The van der Waals surface area contributed by atoms with Gasteiger partial charge in [0.25, 0.3) is 0 Å². The highest BCUT2D eigenvalue weighted by Crippen LogP contribution is 2.20. The lowest BCUT2D eigenvalue weighted by Crippen LogP contribution is -2.37. The van der Waals surface area contributed by atoms with E-state index in [4.69, 9.17) is 4.42 Å². The molecule has 20 heavy (non-hydrogen) atoms. The number of halogens is 1. The summed E-state index contributed by atoms with van der Waals surface area (Å²) in [5.41, 5.74) is 1.27. The fourth-order valence-electron chi connectivity index (χ4n) is 1.74. The third-order valence-electron chi connectivity index (χ3n) is 2.88. The monoisotopic (exact) mass is 277 g/mol. The molecule has 1 aromatic heterocycles. The number of hydrogen-bond donors (Lipinski definition) is 1. The van der Waals surface area contributed by atoms with E-state index in [9.17, 15) is 4.39 Å². The van der Waals surface area contributed by atoms with Gasteiger partial charge in [-0.3, -0.25) is 0 Å². The van der Waals surface area contributed by atoms with Gasteiger partial charge in [0.05, 0.1) is 0 Å². The summed E-state index contributed by atoms with van der Waals surface area (Å²) in [6.07, 6.45) is 0.651. The summed E-state index contributed by atoms with van der Waals surface area (Å²) in [5, 5.41) is 11.3. The van der Waals surface area contributed by atoms with Crippen LogP contribution in [0.2, 0.25) is 0 Å². The molecule has 0 unspecified atom stereocenters. The summed E-state index contributed by atoms with van der Waals surface area (Å²) in [4.78, 5) is 0. The third-order valence-corrected chi connectivity index (χ3v) is 2.88. The van der Waals surface area contributed by atoms with Crippen LogP contribution in [0.1, 0.15) is 32.2 Å². The molecule has 0 aliphatic carbocycles. The Balaban J connectivity index is 2.03. The maximum atomic E-state index is 13.5.